The van der Waals surface area contributed by atoms with E-state index in [1.165, 1.54) is 44.9 Å². The van der Waals surface area contributed by atoms with Crippen LogP contribution in [-0.2, 0) is 19.0 Å². The molecular formula is C21H42O7. The van der Waals surface area contributed by atoms with E-state index in [0.717, 1.165) is 12.8 Å². The molecule has 0 aromatic heterocycles. The second-order valence-electron chi connectivity index (χ2n) is 7.40. The third-order valence-corrected chi connectivity index (χ3v) is 4.61. The van der Waals surface area contributed by atoms with E-state index >= 15 is 0 Å². The summed E-state index contributed by atoms with van der Waals surface area (Å²) >= 11 is 0. The van der Waals surface area contributed by atoms with Crippen molar-refractivity contribution in [1.82, 2.24) is 0 Å². The van der Waals surface area contributed by atoms with Gasteiger partial charge in [-0.1, -0.05) is 58.3 Å². The molecule has 0 bridgehead atoms. The Bertz CT molecular complexity index is 335. The van der Waals surface area contributed by atoms with Gasteiger partial charge >= 0.3 is 5.97 Å². The molecule has 168 valence electrons. The van der Waals surface area contributed by atoms with Crippen LogP contribution in [0.5, 0.6) is 0 Å². The molecule has 0 saturated heterocycles. The van der Waals surface area contributed by atoms with Gasteiger partial charge in [0.2, 0.25) is 0 Å². The van der Waals surface area contributed by atoms with Crippen LogP contribution < -0.4 is 0 Å². The lowest BCUT2D eigenvalue weighted by atomic mass is 10.1. The van der Waals surface area contributed by atoms with Gasteiger partial charge in [-0.3, -0.25) is 4.79 Å². The highest BCUT2D eigenvalue weighted by atomic mass is 16.7. The minimum Gasteiger partial charge on any atom is -0.465 e. The molecule has 0 rings (SSSR count). The molecule has 0 fully saturated rings. The highest BCUT2D eigenvalue weighted by Gasteiger charge is 2.12. The lowest BCUT2D eigenvalue weighted by molar-refractivity contribution is -0.147. The van der Waals surface area contributed by atoms with Gasteiger partial charge in [0, 0.05) is 18.3 Å². The van der Waals surface area contributed by atoms with Crippen LogP contribution in [-0.4, -0.2) is 67.7 Å². The molecule has 28 heavy (non-hydrogen) atoms. The van der Waals surface area contributed by atoms with Crippen LogP contribution in [0.15, 0.2) is 0 Å². The first-order chi connectivity index (χ1) is 13.7. The number of ether oxygens (including phenoxy) is 3. The summed E-state index contributed by atoms with van der Waals surface area (Å²) in [4.78, 5) is 11.8. The number of rotatable bonds is 21. The molecule has 0 heterocycles. The van der Waals surface area contributed by atoms with Gasteiger partial charge in [-0.2, -0.15) is 0 Å². The fourth-order valence-electron chi connectivity index (χ4n) is 2.67. The summed E-state index contributed by atoms with van der Waals surface area (Å²) < 4.78 is 15.7. The first-order valence-electron chi connectivity index (χ1n) is 10.8. The van der Waals surface area contributed by atoms with Crippen molar-refractivity contribution in [2.75, 3.05) is 46.4 Å². The Hall–Kier alpha value is -0.730. The molecule has 0 amide bonds. The van der Waals surface area contributed by atoms with E-state index in [-0.39, 0.29) is 64.2 Å². The van der Waals surface area contributed by atoms with Crippen molar-refractivity contribution < 1.29 is 34.3 Å². The van der Waals surface area contributed by atoms with Gasteiger partial charge in [0.1, 0.15) is 6.79 Å². The average molecular weight is 407 g/mol. The molecule has 1 atom stereocenters. The summed E-state index contributed by atoms with van der Waals surface area (Å²) in [5.74, 6) is -0.840. The maximum atomic E-state index is 11.8. The molecule has 3 N–H and O–H groups in total. The van der Waals surface area contributed by atoms with E-state index < -0.39 is 0 Å². The predicted molar refractivity (Wildman–Crippen MR) is 108 cm³/mol. The van der Waals surface area contributed by atoms with E-state index in [9.17, 15) is 9.90 Å². The first kappa shape index (κ1) is 27.3. The van der Waals surface area contributed by atoms with Gasteiger partial charge in [0.05, 0.1) is 39.6 Å². The Labute approximate surface area is 170 Å². The monoisotopic (exact) mass is 406 g/mol. The van der Waals surface area contributed by atoms with E-state index in [0.29, 0.717) is 6.42 Å². The summed E-state index contributed by atoms with van der Waals surface area (Å²) in [5, 5.41) is 27.2. The number of hydrogen-bond donors (Lipinski definition) is 3. The van der Waals surface area contributed by atoms with Crippen LogP contribution in [0, 0.1) is 11.8 Å². The van der Waals surface area contributed by atoms with E-state index in [1.54, 1.807) is 0 Å². The van der Waals surface area contributed by atoms with Gasteiger partial charge in [0.25, 0.3) is 0 Å². The number of hydrogen-bond acceptors (Lipinski definition) is 7. The topological polar surface area (TPSA) is 105 Å². The van der Waals surface area contributed by atoms with Gasteiger partial charge in [-0.15, -0.1) is 0 Å². The molecule has 0 aromatic rings. The smallest absolute Gasteiger partial charge is 0.305 e. The normalized spacial score (nSPS) is 12.5. The first-order valence-corrected chi connectivity index (χ1v) is 10.8. The summed E-state index contributed by atoms with van der Waals surface area (Å²) in [6.07, 6.45) is 11.2. The van der Waals surface area contributed by atoms with E-state index in [1.807, 2.05) is 0 Å². The van der Waals surface area contributed by atoms with Gasteiger partial charge in [-0.05, 0) is 6.42 Å². The van der Waals surface area contributed by atoms with Crippen LogP contribution in [0.1, 0.15) is 71.1 Å². The van der Waals surface area contributed by atoms with Crippen LogP contribution >= 0.6 is 0 Å². The van der Waals surface area contributed by atoms with Crippen LogP contribution in [0.4, 0.5) is 0 Å². The van der Waals surface area contributed by atoms with E-state index in [2.05, 4.69) is 6.92 Å². The third-order valence-electron chi connectivity index (χ3n) is 4.61. The molecule has 7 heteroatoms. The van der Waals surface area contributed by atoms with Gasteiger partial charge in [0.15, 0.2) is 0 Å². The van der Waals surface area contributed by atoms with Crippen molar-refractivity contribution in [3.05, 3.63) is 0 Å². The minimum absolute atomic E-state index is 0.000604. The number of aliphatic hydroxyl groups is 3. The second-order valence-corrected chi connectivity index (χ2v) is 7.40. The molecule has 0 unspecified atom stereocenters. The highest BCUT2D eigenvalue weighted by Crippen LogP contribution is 2.11. The lowest BCUT2D eigenvalue weighted by Gasteiger charge is -2.16. The van der Waals surface area contributed by atoms with E-state index in [4.69, 9.17) is 24.4 Å². The maximum absolute atomic E-state index is 11.8. The van der Waals surface area contributed by atoms with Gasteiger partial charge < -0.3 is 29.5 Å². The molecule has 0 aliphatic carbocycles. The SMILES string of the molecule is CCCCCCCCCCCC(=O)OC[C@H](CO)COCOCC(CO)CO. The zero-order chi connectivity index (χ0) is 20.9. The molecule has 0 saturated carbocycles. The molecule has 0 aromatic carbocycles. The largest absolute Gasteiger partial charge is 0.465 e. The highest BCUT2D eigenvalue weighted by molar-refractivity contribution is 5.69. The summed E-state index contributed by atoms with van der Waals surface area (Å²) in [6.45, 7) is 2.33. The summed E-state index contributed by atoms with van der Waals surface area (Å²) in [7, 11) is 0. The summed E-state index contributed by atoms with van der Waals surface area (Å²) in [5.41, 5.74) is 0. The zero-order valence-corrected chi connectivity index (χ0v) is 17.7. The maximum Gasteiger partial charge on any atom is 0.305 e. The predicted octanol–water partition coefficient (Wildman–Crippen LogP) is 2.65. The second kappa shape index (κ2) is 21.0. The molecule has 0 aliphatic heterocycles. The van der Waals surface area contributed by atoms with Crippen LogP contribution in [0.2, 0.25) is 0 Å². The van der Waals surface area contributed by atoms with Crippen LogP contribution in [0.25, 0.3) is 0 Å². The molecular weight excluding hydrogens is 364 g/mol. The number of carbonyl (C=O) groups is 1. The Kier molecular flexibility index (Phi) is 20.4. The minimum atomic E-state index is -0.320. The molecule has 0 aliphatic rings. The van der Waals surface area contributed by atoms with Gasteiger partial charge in [-0.25, -0.2) is 0 Å². The fraction of sp³-hybridized carbons (Fsp3) is 0.952. The van der Waals surface area contributed by atoms with Crippen molar-refractivity contribution in [3.8, 4) is 0 Å². The Morgan fingerprint density at radius 1 is 0.714 bits per heavy atom. The Morgan fingerprint density at radius 2 is 1.21 bits per heavy atom. The molecule has 7 nitrogen and oxygen atoms in total. The average Bonchev–Trinajstić information content (AvgIpc) is 2.71. The number of aliphatic hydroxyl groups excluding tert-OH is 3. The Morgan fingerprint density at radius 3 is 1.75 bits per heavy atom. The fourth-order valence-corrected chi connectivity index (χ4v) is 2.67. The number of carbonyl (C=O) groups excluding carboxylic acids is 1. The number of unbranched alkanes of at least 4 members (excludes halogenated alkanes) is 8. The lowest BCUT2D eigenvalue weighted by Crippen LogP contribution is -2.24. The zero-order valence-electron chi connectivity index (χ0n) is 17.7. The van der Waals surface area contributed by atoms with Crippen molar-refractivity contribution in [2.24, 2.45) is 11.8 Å². The van der Waals surface area contributed by atoms with Crippen molar-refractivity contribution in [3.63, 3.8) is 0 Å². The van der Waals surface area contributed by atoms with Crippen molar-refractivity contribution in [2.45, 2.75) is 71.1 Å². The van der Waals surface area contributed by atoms with Crippen molar-refractivity contribution in [1.29, 1.82) is 0 Å². The standard InChI is InChI=1S/C21H42O7/c1-2-3-4-5-6-7-8-9-10-11-21(25)28-17-20(14-24)16-27-18-26-15-19(12-22)13-23/h19-20,22-24H,2-18H2,1H3/t20-/m1/s1. The van der Waals surface area contributed by atoms with Crippen LogP contribution in [0.3, 0.4) is 0 Å². The molecule has 0 radical (unpaired) electrons. The Balaban J connectivity index is 3.55. The number of esters is 1. The van der Waals surface area contributed by atoms with Crippen molar-refractivity contribution >= 4 is 5.97 Å². The molecule has 0 spiro atoms. The third kappa shape index (κ3) is 17.4. The quantitative estimate of drug-likeness (QED) is 0.153. The summed E-state index contributed by atoms with van der Waals surface area (Å²) in [6, 6.07) is 0.